The lowest BCUT2D eigenvalue weighted by Crippen LogP contribution is -2.11. The molecule has 0 heterocycles. The topological polar surface area (TPSA) is 27.7 Å². The number of hydrogen-bond donors (Lipinski definition) is 0. The zero-order valence-electron chi connectivity index (χ0n) is 7.79. The van der Waals surface area contributed by atoms with Crippen LogP contribution in [-0.2, 0) is 14.2 Å². The third-order valence-electron chi connectivity index (χ3n) is 0.969. The van der Waals surface area contributed by atoms with Gasteiger partial charge in [-0.25, -0.2) is 0 Å². The van der Waals surface area contributed by atoms with Gasteiger partial charge in [-0.05, 0) is 27.7 Å². The Labute approximate surface area is 90.7 Å². The van der Waals surface area contributed by atoms with E-state index in [1.807, 2.05) is 27.7 Å². The Morgan fingerprint density at radius 3 is 1.21 bits per heavy atom. The number of ether oxygens (including phenoxy) is 3. The highest BCUT2D eigenvalue weighted by molar-refractivity contribution is 4.31. The van der Waals surface area contributed by atoms with Gasteiger partial charge in [0.2, 0.25) is 0 Å². The molecule has 0 atom stereocenters. The van der Waals surface area contributed by atoms with Crippen molar-refractivity contribution in [2.45, 2.75) is 62.2 Å². The van der Waals surface area contributed by atoms with E-state index in [0.717, 1.165) is 0 Å². The summed E-state index contributed by atoms with van der Waals surface area (Å²) in [7, 11) is 0. The summed E-state index contributed by atoms with van der Waals surface area (Å²) in [6, 6.07) is 0. The van der Waals surface area contributed by atoms with Gasteiger partial charge in [-0.1, -0.05) is 22.3 Å². The lowest BCUT2D eigenvalue weighted by molar-refractivity contribution is -0.154. The fourth-order valence-corrected chi connectivity index (χ4v) is 0.402. The van der Waals surface area contributed by atoms with Crippen LogP contribution in [0.3, 0.4) is 0 Å². The minimum absolute atomic E-state index is 0. The molecule has 92 valence electrons. The smallest absolute Gasteiger partial charge is 0.149 e. The molecule has 0 aliphatic heterocycles. The van der Waals surface area contributed by atoms with E-state index in [-0.39, 0.29) is 34.5 Å². The van der Waals surface area contributed by atoms with Crippen molar-refractivity contribution in [3.05, 3.63) is 0 Å². The van der Waals surface area contributed by atoms with Crippen LogP contribution in [0.4, 0.5) is 0 Å². The normalized spacial score (nSPS) is 9.00. The van der Waals surface area contributed by atoms with Crippen molar-refractivity contribution >= 4 is 0 Å². The average Bonchev–Trinajstić information content (AvgIpc) is 1.85. The van der Waals surface area contributed by atoms with Crippen molar-refractivity contribution in [1.82, 2.24) is 0 Å². The van der Waals surface area contributed by atoms with E-state index < -0.39 is 0 Å². The quantitative estimate of drug-likeness (QED) is 0.494. The molecule has 0 fully saturated rings. The first kappa shape index (κ1) is 23.6. The Bertz CT molecular complexity index is 72.6. The molecule has 0 spiro atoms. The van der Waals surface area contributed by atoms with Gasteiger partial charge in [0, 0.05) is 0 Å². The fourth-order valence-electron chi connectivity index (χ4n) is 0.402. The maximum Gasteiger partial charge on any atom is 0.149 e. The summed E-state index contributed by atoms with van der Waals surface area (Å²) < 4.78 is 15.3. The second-order valence-corrected chi connectivity index (χ2v) is 2.87. The number of hydrogen-bond acceptors (Lipinski definition) is 3. The molecule has 0 bridgehead atoms. The lowest BCUT2D eigenvalue weighted by Gasteiger charge is -2.10. The molecule has 0 saturated heterocycles. The maximum atomic E-state index is 5.12. The Kier molecular flexibility index (Phi) is 25.9. The van der Waals surface area contributed by atoms with Gasteiger partial charge in [0.05, 0.1) is 12.2 Å². The molecule has 0 N–H and O–H groups in total. The van der Waals surface area contributed by atoms with Crippen molar-refractivity contribution in [2.75, 3.05) is 13.6 Å². The van der Waals surface area contributed by atoms with Crippen LogP contribution in [0.15, 0.2) is 0 Å². The minimum Gasteiger partial charge on any atom is -0.353 e. The molecule has 0 aromatic heterocycles. The Morgan fingerprint density at radius 1 is 0.714 bits per heavy atom. The summed E-state index contributed by atoms with van der Waals surface area (Å²) in [6.45, 7) is 8.48. The molecule has 14 heavy (non-hydrogen) atoms. The second-order valence-electron chi connectivity index (χ2n) is 2.87. The SMILES string of the molecule is C.C.C.CC(C)OCOCOC(C)C. The first-order valence-electron chi connectivity index (χ1n) is 3.94. The molecule has 0 aromatic carbocycles. The largest absolute Gasteiger partial charge is 0.353 e. The summed E-state index contributed by atoms with van der Waals surface area (Å²) in [5, 5.41) is 0. The van der Waals surface area contributed by atoms with Crippen LogP contribution in [0.2, 0.25) is 0 Å². The van der Waals surface area contributed by atoms with Crippen molar-refractivity contribution in [3.8, 4) is 0 Å². The Hall–Kier alpha value is -0.120. The van der Waals surface area contributed by atoms with E-state index in [2.05, 4.69) is 0 Å². The highest BCUT2D eigenvalue weighted by Gasteiger charge is 1.94. The van der Waals surface area contributed by atoms with Gasteiger partial charge in [0.15, 0.2) is 0 Å². The van der Waals surface area contributed by atoms with Crippen molar-refractivity contribution in [3.63, 3.8) is 0 Å². The van der Waals surface area contributed by atoms with E-state index in [9.17, 15) is 0 Å². The van der Waals surface area contributed by atoms with Crippen LogP contribution in [0, 0.1) is 0 Å². The second kappa shape index (κ2) is 15.4. The molecular weight excluding hydrogens is 180 g/mol. The summed E-state index contributed by atoms with van der Waals surface area (Å²) in [4.78, 5) is 0. The van der Waals surface area contributed by atoms with Gasteiger partial charge in [0.1, 0.15) is 13.6 Å². The van der Waals surface area contributed by atoms with Crippen LogP contribution in [0.1, 0.15) is 50.0 Å². The molecule has 0 radical (unpaired) electrons. The van der Waals surface area contributed by atoms with Crippen LogP contribution in [0.5, 0.6) is 0 Å². The van der Waals surface area contributed by atoms with Crippen LogP contribution < -0.4 is 0 Å². The zero-order valence-corrected chi connectivity index (χ0v) is 7.79. The molecule has 0 amide bonds. The van der Waals surface area contributed by atoms with E-state index in [4.69, 9.17) is 14.2 Å². The van der Waals surface area contributed by atoms with E-state index >= 15 is 0 Å². The van der Waals surface area contributed by atoms with Crippen molar-refractivity contribution in [2.24, 2.45) is 0 Å². The third-order valence-corrected chi connectivity index (χ3v) is 0.969. The average molecular weight is 210 g/mol. The molecule has 0 unspecified atom stereocenters. The van der Waals surface area contributed by atoms with E-state index in [1.54, 1.807) is 0 Å². The summed E-state index contributed by atoms with van der Waals surface area (Å²) >= 11 is 0. The van der Waals surface area contributed by atoms with Crippen molar-refractivity contribution in [1.29, 1.82) is 0 Å². The zero-order chi connectivity index (χ0) is 8.69. The highest BCUT2D eigenvalue weighted by atomic mass is 16.7. The summed E-state index contributed by atoms with van der Waals surface area (Å²) in [5.41, 5.74) is 0. The molecule has 3 nitrogen and oxygen atoms in total. The van der Waals surface area contributed by atoms with E-state index in [0.29, 0.717) is 13.6 Å². The standard InChI is InChI=1S/C8H18O3.3CH4/c1-7(2)10-5-9-6-11-8(3)4;;;/h7-8H,5-6H2,1-4H3;3*1H4. The van der Waals surface area contributed by atoms with E-state index in [1.165, 1.54) is 0 Å². The molecule has 0 aliphatic rings. The van der Waals surface area contributed by atoms with Gasteiger partial charge in [-0.3, -0.25) is 0 Å². The summed E-state index contributed by atoms with van der Waals surface area (Å²) in [5.74, 6) is 0. The Balaban J connectivity index is -0.000000167. The first-order valence-corrected chi connectivity index (χ1v) is 3.94. The third kappa shape index (κ3) is 22.6. The van der Waals surface area contributed by atoms with Gasteiger partial charge < -0.3 is 14.2 Å². The molecular formula is C11H30O3. The van der Waals surface area contributed by atoms with Crippen LogP contribution in [0.25, 0.3) is 0 Å². The van der Waals surface area contributed by atoms with Crippen molar-refractivity contribution < 1.29 is 14.2 Å². The summed E-state index contributed by atoms with van der Waals surface area (Å²) in [6.07, 6.45) is 0.433. The minimum atomic E-state index is 0. The maximum absolute atomic E-state index is 5.12. The fraction of sp³-hybridized carbons (Fsp3) is 1.00. The van der Waals surface area contributed by atoms with Crippen LogP contribution >= 0.6 is 0 Å². The molecule has 0 rings (SSSR count). The number of rotatable bonds is 6. The van der Waals surface area contributed by atoms with Gasteiger partial charge in [-0.2, -0.15) is 0 Å². The van der Waals surface area contributed by atoms with Gasteiger partial charge in [-0.15, -0.1) is 0 Å². The highest BCUT2D eigenvalue weighted by Crippen LogP contribution is 1.90. The molecule has 3 heteroatoms. The van der Waals surface area contributed by atoms with Crippen LogP contribution in [-0.4, -0.2) is 25.8 Å². The van der Waals surface area contributed by atoms with Gasteiger partial charge in [0.25, 0.3) is 0 Å². The lowest BCUT2D eigenvalue weighted by atomic mass is 10.5. The van der Waals surface area contributed by atoms with Gasteiger partial charge >= 0.3 is 0 Å². The predicted octanol–water partition coefficient (Wildman–Crippen LogP) is 3.68. The molecule has 0 saturated carbocycles. The molecule has 0 aromatic rings. The predicted molar refractivity (Wildman–Crippen MR) is 63.5 cm³/mol. The Morgan fingerprint density at radius 2 is 1.00 bits per heavy atom. The first-order chi connectivity index (χ1) is 5.13. The molecule has 0 aliphatic carbocycles. The monoisotopic (exact) mass is 210 g/mol.